The first-order valence-corrected chi connectivity index (χ1v) is 8.72. The minimum Gasteiger partial charge on any atom is -0.308 e. The van der Waals surface area contributed by atoms with Crippen molar-refractivity contribution in [1.82, 2.24) is 14.2 Å². The number of anilines is 1. The van der Waals surface area contributed by atoms with Crippen molar-refractivity contribution in [2.24, 2.45) is 5.84 Å². The molecular weight excluding hydrogens is 290 g/mol. The van der Waals surface area contributed by atoms with Crippen LogP contribution in [-0.2, 0) is 10.0 Å². The lowest BCUT2D eigenvalue weighted by Crippen LogP contribution is -2.39. The van der Waals surface area contributed by atoms with Crippen molar-refractivity contribution in [3.8, 4) is 0 Å². The Kier molecular flexibility index (Phi) is 4.12. The van der Waals surface area contributed by atoms with E-state index in [4.69, 9.17) is 5.84 Å². The molecule has 7 nitrogen and oxygen atoms in total. The summed E-state index contributed by atoms with van der Waals surface area (Å²) in [4.78, 5) is 6.64. The van der Waals surface area contributed by atoms with Gasteiger partial charge < -0.3 is 5.43 Å². The number of nitrogen functional groups attached to an aromatic ring is 1. The second-order valence-electron chi connectivity index (χ2n) is 5.57. The van der Waals surface area contributed by atoms with Crippen LogP contribution in [0, 0.1) is 0 Å². The highest BCUT2D eigenvalue weighted by atomic mass is 32.2. The summed E-state index contributed by atoms with van der Waals surface area (Å²) in [5.74, 6) is 5.70. The number of nitrogens with two attached hydrogens (primary N) is 1. The maximum absolute atomic E-state index is 12.7. The quantitative estimate of drug-likeness (QED) is 0.613. The Labute approximate surface area is 125 Å². The van der Waals surface area contributed by atoms with Gasteiger partial charge in [0.25, 0.3) is 0 Å². The Morgan fingerprint density at radius 1 is 1.24 bits per heavy atom. The monoisotopic (exact) mass is 311 g/mol. The molecule has 0 saturated carbocycles. The van der Waals surface area contributed by atoms with Crippen LogP contribution in [0.3, 0.4) is 0 Å². The van der Waals surface area contributed by atoms with E-state index in [2.05, 4.69) is 15.3 Å². The molecule has 1 atom stereocenters. The van der Waals surface area contributed by atoms with Gasteiger partial charge >= 0.3 is 0 Å². The average molecular weight is 311 g/mol. The summed E-state index contributed by atoms with van der Waals surface area (Å²) >= 11 is 0. The molecule has 3 N–H and O–H groups in total. The summed E-state index contributed by atoms with van der Waals surface area (Å²) in [5.41, 5.74) is 2.40. The summed E-state index contributed by atoms with van der Waals surface area (Å²) in [6, 6.07) is 3.49. The Morgan fingerprint density at radius 2 is 2.05 bits per heavy atom. The lowest BCUT2D eigenvalue weighted by atomic mass is 10.2. The van der Waals surface area contributed by atoms with Crippen molar-refractivity contribution in [2.45, 2.75) is 30.2 Å². The van der Waals surface area contributed by atoms with Gasteiger partial charge in [-0.3, -0.25) is 4.90 Å². The first kappa shape index (κ1) is 14.7. The molecule has 0 bridgehead atoms. The molecule has 1 unspecified atom stereocenters. The molecule has 0 amide bonds. The molecule has 2 aliphatic rings. The fourth-order valence-electron chi connectivity index (χ4n) is 3.16. The van der Waals surface area contributed by atoms with Crippen LogP contribution in [0.1, 0.15) is 19.3 Å². The number of hydrogen-bond acceptors (Lipinski definition) is 6. The predicted molar refractivity (Wildman–Crippen MR) is 80.0 cm³/mol. The zero-order valence-electron chi connectivity index (χ0n) is 11.9. The minimum absolute atomic E-state index is 0.230. The molecule has 0 spiro atoms. The Hall–Kier alpha value is -1.22. The minimum atomic E-state index is -3.47. The van der Waals surface area contributed by atoms with Crippen molar-refractivity contribution >= 4 is 15.8 Å². The van der Waals surface area contributed by atoms with E-state index in [-0.39, 0.29) is 4.90 Å². The van der Waals surface area contributed by atoms with Crippen LogP contribution in [0.15, 0.2) is 23.2 Å². The lowest BCUT2D eigenvalue weighted by Gasteiger charge is -2.25. The van der Waals surface area contributed by atoms with Crippen LogP contribution < -0.4 is 11.3 Å². The van der Waals surface area contributed by atoms with Gasteiger partial charge in [-0.05, 0) is 44.5 Å². The standard InChI is InChI=1S/C13H21N5O2S/c14-16-13-5-4-12(9-15-13)21(19,20)18-8-2-7-17-6-1-3-11(17)10-18/h4-5,9,11H,1-3,6-8,10,14H2,(H,15,16). The van der Waals surface area contributed by atoms with Crippen LogP contribution in [0.5, 0.6) is 0 Å². The third-order valence-electron chi connectivity index (χ3n) is 4.29. The fraction of sp³-hybridized carbons (Fsp3) is 0.615. The summed E-state index contributed by atoms with van der Waals surface area (Å²) in [7, 11) is -3.47. The second kappa shape index (κ2) is 5.88. The van der Waals surface area contributed by atoms with Gasteiger partial charge in [0.05, 0.1) is 0 Å². The van der Waals surface area contributed by atoms with Gasteiger partial charge in [-0.1, -0.05) is 0 Å². The highest BCUT2D eigenvalue weighted by Crippen LogP contribution is 2.25. The topological polar surface area (TPSA) is 91.6 Å². The van der Waals surface area contributed by atoms with Crippen molar-refractivity contribution < 1.29 is 8.42 Å². The summed E-state index contributed by atoms with van der Waals surface area (Å²) < 4.78 is 27.1. The number of hydrazine groups is 1. The molecule has 1 aromatic heterocycles. The first-order chi connectivity index (χ1) is 10.1. The molecule has 116 valence electrons. The molecular formula is C13H21N5O2S. The molecule has 3 rings (SSSR count). The molecule has 8 heteroatoms. The molecule has 0 aromatic carbocycles. The lowest BCUT2D eigenvalue weighted by molar-refractivity contribution is 0.257. The largest absolute Gasteiger partial charge is 0.308 e. The second-order valence-corrected chi connectivity index (χ2v) is 7.51. The van der Waals surface area contributed by atoms with E-state index in [1.165, 1.54) is 6.20 Å². The fourth-order valence-corrected chi connectivity index (χ4v) is 4.62. The third kappa shape index (κ3) is 2.89. The van der Waals surface area contributed by atoms with Gasteiger partial charge in [-0.2, -0.15) is 4.31 Å². The molecule has 0 aliphatic carbocycles. The van der Waals surface area contributed by atoms with Crippen LogP contribution in [0.4, 0.5) is 5.82 Å². The van der Waals surface area contributed by atoms with Gasteiger partial charge in [0, 0.05) is 25.3 Å². The maximum atomic E-state index is 12.7. The van der Waals surface area contributed by atoms with Crippen molar-refractivity contribution in [2.75, 3.05) is 31.6 Å². The van der Waals surface area contributed by atoms with E-state index in [1.807, 2.05) is 0 Å². The molecule has 3 heterocycles. The molecule has 2 aliphatic heterocycles. The smallest absolute Gasteiger partial charge is 0.244 e. The molecule has 2 fully saturated rings. The van der Waals surface area contributed by atoms with Crippen LogP contribution >= 0.6 is 0 Å². The van der Waals surface area contributed by atoms with Gasteiger partial charge in [-0.15, -0.1) is 0 Å². The summed E-state index contributed by atoms with van der Waals surface area (Å²) in [5, 5.41) is 0. The number of aromatic nitrogens is 1. The number of rotatable bonds is 3. The van der Waals surface area contributed by atoms with E-state index >= 15 is 0 Å². The zero-order chi connectivity index (χ0) is 14.9. The van der Waals surface area contributed by atoms with Gasteiger partial charge in [0.1, 0.15) is 10.7 Å². The average Bonchev–Trinajstić information content (AvgIpc) is 2.84. The summed E-state index contributed by atoms with van der Waals surface area (Å²) in [6.45, 7) is 3.24. The van der Waals surface area contributed by atoms with Crippen molar-refractivity contribution in [3.63, 3.8) is 0 Å². The molecule has 0 radical (unpaired) electrons. The van der Waals surface area contributed by atoms with E-state index in [9.17, 15) is 8.42 Å². The number of pyridine rings is 1. The predicted octanol–water partition coefficient (Wildman–Crippen LogP) is 0.226. The van der Waals surface area contributed by atoms with E-state index < -0.39 is 10.0 Å². The van der Waals surface area contributed by atoms with Crippen LogP contribution in [-0.4, -0.2) is 54.8 Å². The van der Waals surface area contributed by atoms with E-state index in [0.717, 1.165) is 32.4 Å². The van der Waals surface area contributed by atoms with E-state index in [0.29, 0.717) is 24.9 Å². The van der Waals surface area contributed by atoms with Gasteiger partial charge in [0.15, 0.2) is 0 Å². The SMILES string of the molecule is NNc1ccc(S(=O)(=O)N2CCCN3CCCC3C2)cn1. The molecule has 1 aromatic rings. The highest BCUT2D eigenvalue weighted by Gasteiger charge is 2.34. The van der Waals surface area contributed by atoms with Crippen LogP contribution in [0.25, 0.3) is 0 Å². The van der Waals surface area contributed by atoms with Gasteiger partial charge in [-0.25, -0.2) is 19.2 Å². The normalized spacial score (nSPS) is 24.5. The number of sulfonamides is 1. The molecule has 2 saturated heterocycles. The number of nitrogens with zero attached hydrogens (tertiary/aromatic N) is 3. The number of hydrogen-bond donors (Lipinski definition) is 2. The Bertz CT molecular complexity index is 589. The maximum Gasteiger partial charge on any atom is 0.244 e. The first-order valence-electron chi connectivity index (χ1n) is 7.28. The zero-order valence-corrected chi connectivity index (χ0v) is 12.7. The van der Waals surface area contributed by atoms with Crippen molar-refractivity contribution in [1.29, 1.82) is 0 Å². The summed E-state index contributed by atoms with van der Waals surface area (Å²) in [6.07, 6.45) is 4.49. The highest BCUT2D eigenvalue weighted by molar-refractivity contribution is 7.89. The Balaban J connectivity index is 1.82. The molecule has 21 heavy (non-hydrogen) atoms. The number of fused-ring (bicyclic) bond motifs is 1. The number of nitrogens with one attached hydrogen (secondary N) is 1. The van der Waals surface area contributed by atoms with Crippen LogP contribution in [0.2, 0.25) is 0 Å². The van der Waals surface area contributed by atoms with Gasteiger partial charge in [0.2, 0.25) is 10.0 Å². The van der Waals surface area contributed by atoms with E-state index in [1.54, 1.807) is 16.4 Å². The van der Waals surface area contributed by atoms with Crippen molar-refractivity contribution in [3.05, 3.63) is 18.3 Å². The third-order valence-corrected chi connectivity index (χ3v) is 6.14. The Morgan fingerprint density at radius 3 is 2.76 bits per heavy atom.